The molecule has 0 aromatic heterocycles. The van der Waals surface area contributed by atoms with Gasteiger partial charge in [0.15, 0.2) is 11.5 Å². The van der Waals surface area contributed by atoms with Crippen LogP contribution in [0.15, 0.2) is 42.5 Å². The minimum Gasteiger partial charge on any atom is -0.493 e. The van der Waals surface area contributed by atoms with E-state index in [4.69, 9.17) is 9.47 Å². The Hall–Kier alpha value is -2.16. The fourth-order valence-electron chi connectivity index (χ4n) is 2.16. The molecule has 106 valence electrons. The number of anilines is 1. The van der Waals surface area contributed by atoms with Crippen LogP contribution < -0.4 is 14.8 Å². The standard InChI is InChI=1S/C17H21NO2/c1-13-11-16(19-2)17(20-3)12-15(13)18-10-9-14-7-5-4-6-8-14/h4-8,11-12,18H,9-10H2,1-3H3. The Morgan fingerprint density at radius 2 is 1.60 bits per heavy atom. The van der Waals surface area contributed by atoms with E-state index in [0.717, 1.165) is 35.7 Å². The highest BCUT2D eigenvalue weighted by atomic mass is 16.5. The third kappa shape index (κ3) is 3.44. The molecule has 2 aromatic carbocycles. The van der Waals surface area contributed by atoms with Gasteiger partial charge < -0.3 is 14.8 Å². The maximum atomic E-state index is 5.33. The van der Waals surface area contributed by atoms with E-state index in [-0.39, 0.29) is 0 Å². The summed E-state index contributed by atoms with van der Waals surface area (Å²) in [5, 5.41) is 3.45. The highest BCUT2D eigenvalue weighted by Crippen LogP contribution is 2.32. The molecule has 3 heteroatoms. The van der Waals surface area contributed by atoms with Crippen LogP contribution >= 0.6 is 0 Å². The third-order valence-electron chi connectivity index (χ3n) is 3.30. The zero-order valence-corrected chi connectivity index (χ0v) is 12.3. The second kappa shape index (κ2) is 6.85. The van der Waals surface area contributed by atoms with Crippen molar-refractivity contribution in [3.05, 3.63) is 53.6 Å². The molecular weight excluding hydrogens is 250 g/mol. The van der Waals surface area contributed by atoms with Crippen LogP contribution in [0.3, 0.4) is 0 Å². The minimum atomic E-state index is 0.750. The van der Waals surface area contributed by atoms with Gasteiger partial charge in [0.2, 0.25) is 0 Å². The lowest BCUT2D eigenvalue weighted by Gasteiger charge is -2.14. The van der Waals surface area contributed by atoms with Crippen molar-refractivity contribution in [2.75, 3.05) is 26.1 Å². The number of hydrogen-bond acceptors (Lipinski definition) is 3. The Labute approximate surface area is 120 Å². The summed E-state index contributed by atoms with van der Waals surface area (Å²) in [6, 6.07) is 14.4. The van der Waals surface area contributed by atoms with E-state index in [0.29, 0.717) is 0 Å². The van der Waals surface area contributed by atoms with Gasteiger partial charge in [0.25, 0.3) is 0 Å². The van der Waals surface area contributed by atoms with Gasteiger partial charge >= 0.3 is 0 Å². The molecule has 0 saturated carbocycles. The molecule has 0 aliphatic carbocycles. The highest BCUT2D eigenvalue weighted by molar-refractivity contribution is 5.60. The molecule has 2 rings (SSSR count). The number of methoxy groups -OCH3 is 2. The van der Waals surface area contributed by atoms with E-state index in [1.807, 2.05) is 18.2 Å². The summed E-state index contributed by atoms with van der Waals surface area (Å²) >= 11 is 0. The van der Waals surface area contributed by atoms with Crippen molar-refractivity contribution < 1.29 is 9.47 Å². The van der Waals surface area contributed by atoms with Crippen LogP contribution in [0.1, 0.15) is 11.1 Å². The van der Waals surface area contributed by atoms with E-state index >= 15 is 0 Å². The van der Waals surface area contributed by atoms with Crippen molar-refractivity contribution >= 4 is 5.69 Å². The third-order valence-corrected chi connectivity index (χ3v) is 3.30. The summed E-state index contributed by atoms with van der Waals surface area (Å²) in [6.45, 7) is 2.95. The van der Waals surface area contributed by atoms with Gasteiger partial charge in [0.1, 0.15) is 0 Å². The Bertz CT molecular complexity index is 552. The number of benzene rings is 2. The molecule has 0 saturated heterocycles. The quantitative estimate of drug-likeness (QED) is 0.869. The molecule has 0 bridgehead atoms. The summed E-state index contributed by atoms with van der Waals surface area (Å²) in [5.41, 5.74) is 3.56. The van der Waals surface area contributed by atoms with Crippen LogP contribution in [0.2, 0.25) is 0 Å². The SMILES string of the molecule is COc1cc(C)c(NCCc2ccccc2)cc1OC. The Morgan fingerprint density at radius 1 is 0.950 bits per heavy atom. The van der Waals surface area contributed by atoms with Gasteiger partial charge in [0, 0.05) is 18.3 Å². The van der Waals surface area contributed by atoms with Gasteiger partial charge in [-0.2, -0.15) is 0 Å². The van der Waals surface area contributed by atoms with Crippen molar-refractivity contribution in [3.63, 3.8) is 0 Å². The predicted molar refractivity (Wildman–Crippen MR) is 82.9 cm³/mol. The Balaban J connectivity index is 2.02. The molecule has 0 spiro atoms. The maximum absolute atomic E-state index is 5.33. The second-order valence-corrected chi connectivity index (χ2v) is 4.68. The molecule has 0 unspecified atom stereocenters. The fourth-order valence-corrected chi connectivity index (χ4v) is 2.16. The van der Waals surface area contributed by atoms with Gasteiger partial charge in [-0.3, -0.25) is 0 Å². The molecule has 0 amide bonds. The molecule has 0 aliphatic heterocycles. The first kappa shape index (κ1) is 14.3. The largest absolute Gasteiger partial charge is 0.493 e. The van der Waals surface area contributed by atoms with Crippen LogP contribution in [-0.2, 0) is 6.42 Å². The average Bonchev–Trinajstić information content (AvgIpc) is 2.49. The Morgan fingerprint density at radius 3 is 2.25 bits per heavy atom. The molecule has 0 aliphatic rings. The molecule has 1 N–H and O–H groups in total. The van der Waals surface area contributed by atoms with E-state index in [9.17, 15) is 0 Å². The summed E-state index contributed by atoms with van der Waals surface area (Å²) in [4.78, 5) is 0. The lowest BCUT2D eigenvalue weighted by Crippen LogP contribution is -2.06. The van der Waals surface area contributed by atoms with Crippen LogP contribution in [0.5, 0.6) is 11.5 Å². The zero-order chi connectivity index (χ0) is 14.4. The van der Waals surface area contributed by atoms with Crippen LogP contribution in [0.4, 0.5) is 5.69 Å². The normalized spacial score (nSPS) is 10.2. The van der Waals surface area contributed by atoms with Crippen molar-refractivity contribution in [1.82, 2.24) is 0 Å². The molecule has 3 nitrogen and oxygen atoms in total. The highest BCUT2D eigenvalue weighted by Gasteiger charge is 2.08. The minimum absolute atomic E-state index is 0.750. The monoisotopic (exact) mass is 271 g/mol. The Kier molecular flexibility index (Phi) is 4.88. The first-order valence-electron chi connectivity index (χ1n) is 6.75. The fraction of sp³-hybridized carbons (Fsp3) is 0.294. The summed E-state index contributed by atoms with van der Waals surface area (Å²) in [7, 11) is 3.31. The molecular formula is C17H21NO2. The van der Waals surface area contributed by atoms with E-state index in [1.54, 1.807) is 14.2 Å². The van der Waals surface area contributed by atoms with E-state index in [1.165, 1.54) is 5.56 Å². The summed E-state index contributed by atoms with van der Waals surface area (Å²) in [6.07, 6.45) is 0.995. The van der Waals surface area contributed by atoms with Crippen LogP contribution in [0.25, 0.3) is 0 Å². The second-order valence-electron chi connectivity index (χ2n) is 4.68. The molecule has 0 heterocycles. The lowest BCUT2D eigenvalue weighted by atomic mass is 10.1. The smallest absolute Gasteiger partial charge is 0.162 e. The first-order chi connectivity index (χ1) is 9.74. The lowest BCUT2D eigenvalue weighted by molar-refractivity contribution is 0.355. The van der Waals surface area contributed by atoms with Crippen LogP contribution in [-0.4, -0.2) is 20.8 Å². The van der Waals surface area contributed by atoms with Gasteiger partial charge in [-0.05, 0) is 30.5 Å². The topological polar surface area (TPSA) is 30.5 Å². The summed E-state index contributed by atoms with van der Waals surface area (Å²) in [5.74, 6) is 1.51. The maximum Gasteiger partial charge on any atom is 0.162 e. The molecule has 20 heavy (non-hydrogen) atoms. The molecule has 0 fully saturated rings. The molecule has 0 radical (unpaired) electrons. The zero-order valence-electron chi connectivity index (χ0n) is 12.3. The van der Waals surface area contributed by atoms with Gasteiger partial charge in [0.05, 0.1) is 14.2 Å². The van der Waals surface area contributed by atoms with Gasteiger partial charge in [-0.1, -0.05) is 30.3 Å². The van der Waals surface area contributed by atoms with Crippen molar-refractivity contribution in [3.8, 4) is 11.5 Å². The van der Waals surface area contributed by atoms with Gasteiger partial charge in [-0.15, -0.1) is 0 Å². The van der Waals surface area contributed by atoms with Crippen molar-refractivity contribution in [2.24, 2.45) is 0 Å². The van der Waals surface area contributed by atoms with E-state index in [2.05, 4.69) is 36.5 Å². The summed E-state index contributed by atoms with van der Waals surface area (Å²) < 4.78 is 10.6. The van der Waals surface area contributed by atoms with E-state index < -0.39 is 0 Å². The number of ether oxygens (including phenoxy) is 2. The average molecular weight is 271 g/mol. The number of nitrogens with one attached hydrogen (secondary N) is 1. The van der Waals surface area contributed by atoms with Crippen molar-refractivity contribution in [1.29, 1.82) is 0 Å². The number of hydrogen-bond donors (Lipinski definition) is 1. The van der Waals surface area contributed by atoms with Crippen molar-refractivity contribution in [2.45, 2.75) is 13.3 Å². The number of rotatable bonds is 6. The molecule has 2 aromatic rings. The number of aryl methyl sites for hydroxylation is 1. The van der Waals surface area contributed by atoms with Gasteiger partial charge in [-0.25, -0.2) is 0 Å². The van der Waals surface area contributed by atoms with Crippen LogP contribution in [0, 0.1) is 6.92 Å². The predicted octanol–water partition coefficient (Wildman–Crippen LogP) is 3.67. The molecule has 0 atom stereocenters. The first-order valence-corrected chi connectivity index (χ1v) is 6.75.